The van der Waals surface area contributed by atoms with Crippen molar-refractivity contribution in [3.8, 4) is 5.75 Å². The number of aryl methyl sites for hydroxylation is 3. The van der Waals surface area contributed by atoms with Crippen molar-refractivity contribution in [3.63, 3.8) is 0 Å². The Labute approximate surface area is 149 Å². The standard InChI is InChI=1S/C20H24ClNO2/c1-5-19(17-8-6-13(2)10-14(17)3)22-20(23)12-24-16-7-9-18(21)15(4)11-16/h6-11,19H,5,12H2,1-4H3,(H,22,23)/t19-/m0/s1. The number of carbonyl (C=O) groups excluding carboxylic acids is 1. The lowest BCUT2D eigenvalue weighted by Gasteiger charge is -2.20. The van der Waals surface area contributed by atoms with Gasteiger partial charge in [-0.2, -0.15) is 0 Å². The van der Waals surface area contributed by atoms with E-state index in [0.717, 1.165) is 17.5 Å². The summed E-state index contributed by atoms with van der Waals surface area (Å²) in [6.07, 6.45) is 0.829. The van der Waals surface area contributed by atoms with Crippen molar-refractivity contribution in [2.24, 2.45) is 0 Å². The van der Waals surface area contributed by atoms with Gasteiger partial charge in [-0.3, -0.25) is 4.79 Å². The number of amides is 1. The number of benzene rings is 2. The van der Waals surface area contributed by atoms with Crippen molar-refractivity contribution >= 4 is 17.5 Å². The molecule has 0 bridgehead atoms. The number of hydrogen-bond acceptors (Lipinski definition) is 2. The lowest BCUT2D eigenvalue weighted by Crippen LogP contribution is -2.32. The van der Waals surface area contributed by atoms with Gasteiger partial charge in [0, 0.05) is 5.02 Å². The monoisotopic (exact) mass is 345 g/mol. The molecule has 0 heterocycles. The Balaban J connectivity index is 1.97. The fourth-order valence-electron chi connectivity index (χ4n) is 2.71. The summed E-state index contributed by atoms with van der Waals surface area (Å²) in [5, 5.41) is 3.74. The zero-order valence-electron chi connectivity index (χ0n) is 14.7. The molecular formula is C20H24ClNO2. The molecule has 0 aliphatic rings. The van der Waals surface area contributed by atoms with Crippen molar-refractivity contribution in [1.29, 1.82) is 0 Å². The lowest BCUT2D eigenvalue weighted by atomic mass is 9.97. The Hall–Kier alpha value is -2.00. The third-order valence-electron chi connectivity index (χ3n) is 4.04. The van der Waals surface area contributed by atoms with Gasteiger partial charge < -0.3 is 10.1 Å². The second-order valence-corrected chi connectivity index (χ2v) is 6.50. The van der Waals surface area contributed by atoms with Crippen LogP contribution in [-0.4, -0.2) is 12.5 Å². The Bertz CT molecular complexity index is 728. The van der Waals surface area contributed by atoms with E-state index < -0.39 is 0 Å². The molecular weight excluding hydrogens is 322 g/mol. The second-order valence-electron chi connectivity index (χ2n) is 6.09. The van der Waals surface area contributed by atoms with Crippen LogP contribution in [-0.2, 0) is 4.79 Å². The van der Waals surface area contributed by atoms with Crippen molar-refractivity contribution in [1.82, 2.24) is 5.32 Å². The zero-order chi connectivity index (χ0) is 17.7. The van der Waals surface area contributed by atoms with Crippen LogP contribution in [0.3, 0.4) is 0 Å². The molecule has 24 heavy (non-hydrogen) atoms. The molecule has 0 aromatic heterocycles. The van der Waals surface area contributed by atoms with Gasteiger partial charge in [0.15, 0.2) is 6.61 Å². The maximum atomic E-state index is 12.2. The number of nitrogens with one attached hydrogen (secondary N) is 1. The molecule has 0 fully saturated rings. The minimum atomic E-state index is -0.130. The maximum absolute atomic E-state index is 12.2. The van der Waals surface area contributed by atoms with Crippen LogP contribution < -0.4 is 10.1 Å². The number of carbonyl (C=O) groups is 1. The van der Waals surface area contributed by atoms with Crippen LogP contribution in [0.1, 0.15) is 41.6 Å². The van der Waals surface area contributed by atoms with Gasteiger partial charge in [0.2, 0.25) is 0 Å². The first-order valence-corrected chi connectivity index (χ1v) is 8.54. The summed E-state index contributed by atoms with van der Waals surface area (Å²) in [6, 6.07) is 11.7. The van der Waals surface area contributed by atoms with Gasteiger partial charge in [0.1, 0.15) is 5.75 Å². The van der Waals surface area contributed by atoms with E-state index in [0.29, 0.717) is 10.8 Å². The molecule has 0 aliphatic carbocycles. The normalized spacial score (nSPS) is 11.9. The van der Waals surface area contributed by atoms with E-state index in [-0.39, 0.29) is 18.6 Å². The largest absolute Gasteiger partial charge is 0.484 e. The molecule has 1 amide bonds. The third kappa shape index (κ3) is 4.75. The Kier molecular flexibility index (Phi) is 6.27. The molecule has 128 valence electrons. The van der Waals surface area contributed by atoms with E-state index in [1.54, 1.807) is 12.1 Å². The molecule has 0 radical (unpaired) electrons. The predicted octanol–water partition coefficient (Wildman–Crippen LogP) is 4.91. The maximum Gasteiger partial charge on any atom is 0.258 e. The van der Waals surface area contributed by atoms with Crippen LogP contribution in [0.25, 0.3) is 0 Å². The first kappa shape index (κ1) is 18.3. The van der Waals surface area contributed by atoms with Crippen LogP contribution in [0.2, 0.25) is 5.02 Å². The van der Waals surface area contributed by atoms with Crippen molar-refractivity contribution in [3.05, 3.63) is 63.7 Å². The highest BCUT2D eigenvalue weighted by atomic mass is 35.5. The first-order valence-electron chi connectivity index (χ1n) is 8.16. The molecule has 2 aromatic carbocycles. The highest BCUT2D eigenvalue weighted by Gasteiger charge is 2.15. The lowest BCUT2D eigenvalue weighted by molar-refractivity contribution is -0.123. The van der Waals surface area contributed by atoms with Gasteiger partial charge in [-0.15, -0.1) is 0 Å². The minimum Gasteiger partial charge on any atom is -0.484 e. The van der Waals surface area contributed by atoms with Crippen molar-refractivity contribution in [2.75, 3.05) is 6.61 Å². The Morgan fingerprint density at radius 2 is 1.88 bits per heavy atom. The van der Waals surface area contributed by atoms with Crippen molar-refractivity contribution in [2.45, 2.75) is 40.2 Å². The van der Waals surface area contributed by atoms with E-state index in [4.69, 9.17) is 16.3 Å². The summed E-state index contributed by atoms with van der Waals surface area (Å²) < 4.78 is 5.56. The van der Waals surface area contributed by atoms with Crippen molar-refractivity contribution < 1.29 is 9.53 Å². The predicted molar refractivity (Wildman–Crippen MR) is 98.8 cm³/mol. The summed E-state index contributed by atoms with van der Waals surface area (Å²) in [5.74, 6) is 0.515. The number of ether oxygens (including phenoxy) is 1. The molecule has 0 saturated carbocycles. The highest BCUT2D eigenvalue weighted by molar-refractivity contribution is 6.31. The SMILES string of the molecule is CC[C@H](NC(=O)COc1ccc(Cl)c(C)c1)c1ccc(C)cc1C. The molecule has 0 spiro atoms. The number of hydrogen-bond donors (Lipinski definition) is 1. The van der Waals surface area contributed by atoms with Gasteiger partial charge >= 0.3 is 0 Å². The smallest absolute Gasteiger partial charge is 0.258 e. The first-order chi connectivity index (χ1) is 11.4. The number of halogens is 1. The molecule has 2 aromatic rings. The van der Waals surface area contributed by atoms with Crippen LogP contribution in [0.4, 0.5) is 0 Å². The van der Waals surface area contributed by atoms with E-state index in [2.05, 4.69) is 44.3 Å². The summed E-state index contributed by atoms with van der Waals surface area (Å²) in [5.41, 5.74) is 4.49. The molecule has 1 atom stereocenters. The van der Waals surface area contributed by atoms with Gasteiger partial charge in [-0.25, -0.2) is 0 Å². The second kappa shape index (κ2) is 8.20. The van der Waals surface area contributed by atoms with Crippen LogP contribution in [0.15, 0.2) is 36.4 Å². The minimum absolute atomic E-state index is 0.00588. The molecule has 1 N–H and O–H groups in total. The molecule has 0 saturated heterocycles. The molecule has 0 aliphatic heterocycles. The highest BCUT2D eigenvalue weighted by Crippen LogP contribution is 2.23. The van der Waals surface area contributed by atoms with Gasteiger partial charge in [-0.05, 0) is 62.1 Å². The fraction of sp³-hybridized carbons (Fsp3) is 0.350. The van der Waals surface area contributed by atoms with Gasteiger partial charge in [0.25, 0.3) is 5.91 Å². The number of rotatable bonds is 6. The molecule has 2 rings (SSSR count). The topological polar surface area (TPSA) is 38.3 Å². The van der Waals surface area contributed by atoms with Gasteiger partial charge in [0.05, 0.1) is 6.04 Å². The Morgan fingerprint density at radius 1 is 1.12 bits per heavy atom. The molecule has 0 unspecified atom stereocenters. The fourth-order valence-corrected chi connectivity index (χ4v) is 2.83. The summed E-state index contributed by atoms with van der Waals surface area (Å²) in [4.78, 5) is 12.2. The van der Waals surface area contributed by atoms with E-state index in [9.17, 15) is 4.79 Å². The van der Waals surface area contributed by atoms with Crippen LogP contribution in [0, 0.1) is 20.8 Å². The molecule has 3 nitrogen and oxygen atoms in total. The van der Waals surface area contributed by atoms with E-state index in [1.807, 2.05) is 13.0 Å². The summed E-state index contributed by atoms with van der Waals surface area (Å²) in [7, 11) is 0. The Morgan fingerprint density at radius 3 is 2.50 bits per heavy atom. The van der Waals surface area contributed by atoms with Gasteiger partial charge in [-0.1, -0.05) is 42.3 Å². The molecule has 4 heteroatoms. The summed E-state index contributed by atoms with van der Waals surface area (Å²) >= 11 is 5.99. The van der Waals surface area contributed by atoms with E-state index in [1.165, 1.54) is 11.1 Å². The summed E-state index contributed by atoms with van der Waals surface area (Å²) in [6.45, 7) is 8.10. The zero-order valence-corrected chi connectivity index (χ0v) is 15.4. The van der Waals surface area contributed by atoms with Crippen LogP contribution in [0.5, 0.6) is 5.75 Å². The van der Waals surface area contributed by atoms with E-state index >= 15 is 0 Å². The quantitative estimate of drug-likeness (QED) is 0.807. The van der Waals surface area contributed by atoms with Crippen LogP contribution >= 0.6 is 11.6 Å². The average molecular weight is 346 g/mol. The average Bonchev–Trinajstić information content (AvgIpc) is 2.54. The third-order valence-corrected chi connectivity index (χ3v) is 4.47.